The molecule has 0 radical (unpaired) electrons. The Morgan fingerprint density at radius 1 is 1.58 bits per heavy atom. The fraction of sp³-hybridized carbons (Fsp3) is 0.100. The highest BCUT2D eigenvalue weighted by Gasteiger charge is 1.84. The fourth-order valence-corrected chi connectivity index (χ4v) is 0.720. The Morgan fingerprint density at radius 2 is 2.42 bits per heavy atom. The molecular formula is C10H10O2. The lowest BCUT2D eigenvalue weighted by atomic mass is 10.3. The highest BCUT2D eigenvalue weighted by molar-refractivity contribution is 5.73. The van der Waals surface area contributed by atoms with Crippen molar-refractivity contribution in [3.8, 4) is 0 Å². The van der Waals surface area contributed by atoms with Gasteiger partial charge in [-0.25, -0.2) is 0 Å². The minimum Gasteiger partial charge on any atom is -0.465 e. The van der Waals surface area contributed by atoms with Gasteiger partial charge in [-0.15, -0.1) is 0 Å². The Morgan fingerprint density at radius 3 is 3.00 bits per heavy atom. The summed E-state index contributed by atoms with van der Waals surface area (Å²) in [5.41, 5.74) is 0.692. The van der Waals surface area contributed by atoms with Gasteiger partial charge in [-0.3, -0.25) is 4.79 Å². The van der Waals surface area contributed by atoms with E-state index in [0.29, 0.717) is 5.57 Å². The van der Waals surface area contributed by atoms with E-state index in [1.807, 2.05) is 12.1 Å². The molecule has 0 aromatic carbocycles. The first-order valence-corrected chi connectivity index (χ1v) is 3.66. The Balaban J connectivity index is 2.58. The van der Waals surface area contributed by atoms with Gasteiger partial charge in [0.25, 0.3) is 0 Å². The smallest absolute Gasteiger partial charge is 0.145 e. The number of hydrogen-bond donors (Lipinski definition) is 0. The molecule has 1 rings (SSSR count). The molecular weight excluding hydrogens is 152 g/mol. The zero-order valence-electron chi connectivity index (χ0n) is 6.86. The summed E-state index contributed by atoms with van der Waals surface area (Å²) in [6, 6.07) is 3.66. The fourth-order valence-electron chi connectivity index (χ4n) is 0.720. The van der Waals surface area contributed by atoms with Crippen LogP contribution in [0, 0.1) is 0 Å². The molecule has 0 aliphatic rings. The maximum absolute atomic E-state index is 10.2. The number of carbonyl (C=O) groups is 1. The van der Waals surface area contributed by atoms with Gasteiger partial charge in [-0.05, 0) is 30.7 Å². The van der Waals surface area contributed by atoms with Gasteiger partial charge in [-0.2, -0.15) is 0 Å². The second kappa shape index (κ2) is 4.34. The van der Waals surface area contributed by atoms with E-state index in [-0.39, 0.29) is 0 Å². The lowest BCUT2D eigenvalue weighted by Crippen LogP contribution is -1.71. The Labute approximate surface area is 71.2 Å². The third-order valence-electron chi connectivity index (χ3n) is 1.35. The first-order chi connectivity index (χ1) is 5.83. The van der Waals surface area contributed by atoms with E-state index in [1.54, 1.807) is 31.4 Å². The second-order valence-electron chi connectivity index (χ2n) is 2.40. The molecule has 0 saturated heterocycles. The van der Waals surface area contributed by atoms with Crippen LogP contribution in [0.15, 0.2) is 40.5 Å². The van der Waals surface area contributed by atoms with Crippen LogP contribution in [0.4, 0.5) is 0 Å². The first-order valence-electron chi connectivity index (χ1n) is 3.66. The molecule has 0 saturated carbocycles. The SMILES string of the molecule is C/C(C=O)=C\C=C\c1ccco1. The number of carbonyl (C=O) groups excluding carboxylic acids is 1. The van der Waals surface area contributed by atoms with Crippen molar-refractivity contribution >= 4 is 12.4 Å². The molecule has 0 spiro atoms. The van der Waals surface area contributed by atoms with E-state index < -0.39 is 0 Å². The van der Waals surface area contributed by atoms with Crippen molar-refractivity contribution in [3.05, 3.63) is 41.9 Å². The minimum atomic E-state index is 0.692. The summed E-state index contributed by atoms with van der Waals surface area (Å²) in [4.78, 5) is 10.2. The molecule has 1 aromatic rings. The molecule has 1 aromatic heterocycles. The summed E-state index contributed by atoms with van der Waals surface area (Å²) in [6.45, 7) is 1.75. The summed E-state index contributed by atoms with van der Waals surface area (Å²) < 4.78 is 5.04. The van der Waals surface area contributed by atoms with Crippen LogP contribution < -0.4 is 0 Å². The maximum atomic E-state index is 10.2. The molecule has 2 heteroatoms. The monoisotopic (exact) mass is 162 g/mol. The highest BCUT2D eigenvalue weighted by Crippen LogP contribution is 2.02. The van der Waals surface area contributed by atoms with E-state index in [0.717, 1.165) is 12.0 Å². The molecule has 0 bridgehead atoms. The third-order valence-corrected chi connectivity index (χ3v) is 1.35. The van der Waals surface area contributed by atoms with Crippen molar-refractivity contribution in [1.29, 1.82) is 0 Å². The van der Waals surface area contributed by atoms with Gasteiger partial charge >= 0.3 is 0 Å². The van der Waals surface area contributed by atoms with Crippen LogP contribution in [0.1, 0.15) is 12.7 Å². The van der Waals surface area contributed by atoms with Crippen molar-refractivity contribution in [1.82, 2.24) is 0 Å². The van der Waals surface area contributed by atoms with E-state index in [1.165, 1.54) is 0 Å². The zero-order valence-corrected chi connectivity index (χ0v) is 6.86. The number of aldehydes is 1. The van der Waals surface area contributed by atoms with Crippen LogP contribution in [0.3, 0.4) is 0 Å². The van der Waals surface area contributed by atoms with Gasteiger partial charge in [0, 0.05) is 0 Å². The van der Waals surface area contributed by atoms with Crippen molar-refractivity contribution in [2.75, 3.05) is 0 Å². The van der Waals surface area contributed by atoms with Gasteiger partial charge in [0.2, 0.25) is 0 Å². The molecule has 12 heavy (non-hydrogen) atoms. The summed E-state index contributed by atoms with van der Waals surface area (Å²) in [5, 5.41) is 0. The topological polar surface area (TPSA) is 30.2 Å². The Bertz CT molecular complexity index is 292. The van der Waals surface area contributed by atoms with Gasteiger partial charge in [0.05, 0.1) is 6.26 Å². The first kappa shape index (κ1) is 8.53. The van der Waals surface area contributed by atoms with Crippen molar-refractivity contribution in [2.45, 2.75) is 6.92 Å². The lowest BCUT2D eigenvalue weighted by molar-refractivity contribution is -0.104. The van der Waals surface area contributed by atoms with E-state index in [2.05, 4.69) is 0 Å². The summed E-state index contributed by atoms with van der Waals surface area (Å²) in [6.07, 6.45) is 7.73. The largest absolute Gasteiger partial charge is 0.465 e. The predicted octanol–water partition coefficient (Wildman–Crippen LogP) is 2.44. The highest BCUT2D eigenvalue weighted by atomic mass is 16.3. The molecule has 0 N–H and O–H groups in total. The van der Waals surface area contributed by atoms with E-state index in [4.69, 9.17) is 4.42 Å². The predicted molar refractivity (Wildman–Crippen MR) is 47.6 cm³/mol. The quantitative estimate of drug-likeness (QED) is 0.388. The average Bonchev–Trinajstić information content (AvgIpc) is 2.57. The van der Waals surface area contributed by atoms with Crippen LogP contribution in [0.5, 0.6) is 0 Å². The molecule has 0 atom stereocenters. The number of furan rings is 1. The van der Waals surface area contributed by atoms with Crippen LogP contribution in [0.25, 0.3) is 6.08 Å². The molecule has 0 unspecified atom stereocenters. The average molecular weight is 162 g/mol. The Hall–Kier alpha value is -1.57. The summed E-state index contributed by atoms with van der Waals surface area (Å²) in [5.74, 6) is 0.782. The summed E-state index contributed by atoms with van der Waals surface area (Å²) >= 11 is 0. The minimum absolute atomic E-state index is 0.692. The molecule has 0 amide bonds. The molecule has 0 fully saturated rings. The van der Waals surface area contributed by atoms with Crippen molar-refractivity contribution in [3.63, 3.8) is 0 Å². The Kier molecular flexibility index (Phi) is 3.08. The van der Waals surface area contributed by atoms with Crippen LogP contribution >= 0.6 is 0 Å². The maximum Gasteiger partial charge on any atom is 0.145 e. The van der Waals surface area contributed by atoms with E-state index >= 15 is 0 Å². The number of rotatable bonds is 3. The van der Waals surface area contributed by atoms with Crippen LogP contribution in [0.2, 0.25) is 0 Å². The molecule has 2 nitrogen and oxygen atoms in total. The van der Waals surface area contributed by atoms with E-state index in [9.17, 15) is 4.79 Å². The number of hydrogen-bond acceptors (Lipinski definition) is 2. The molecule has 0 aliphatic carbocycles. The molecule has 62 valence electrons. The van der Waals surface area contributed by atoms with Crippen molar-refractivity contribution < 1.29 is 9.21 Å². The number of allylic oxidation sites excluding steroid dienone is 3. The molecule has 0 aliphatic heterocycles. The third kappa shape index (κ3) is 2.58. The summed E-state index contributed by atoms with van der Waals surface area (Å²) in [7, 11) is 0. The van der Waals surface area contributed by atoms with Gasteiger partial charge in [0.15, 0.2) is 0 Å². The van der Waals surface area contributed by atoms with Gasteiger partial charge in [0.1, 0.15) is 12.0 Å². The second-order valence-corrected chi connectivity index (χ2v) is 2.40. The van der Waals surface area contributed by atoms with Crippen LogP contribution in [-0.4, -0.2) is 6.29 Å². The lowest BCUT2D eigenvalue weighted by Gasteiger charge is -1.82. The van der Waals surface area contributed by atoms with Crippen LogP contribution in [-0.2, 0) is 4.79 Å². The van der Waals surface area contributed by atoms with Crippen molar-refractivity contribution in [2.24, 2.45) is 0 Å². The van der Waals surface area contributed by atoms with Gasteiger partial charge in [-0.1, -0.05) is 12.2 Å². The normalized spacial score (nSPS) is 12.2. The molecule has 1 heterocycles. The van der Waals surface area contributed by atoms with Gasteiger partial charge < -0.3 is 4.42 Å². The standard InChI is InChI=1S/C10H10O2/c1-9(8-11)4-2-5-10-6-3-7-12-10/h2-8H,1H3/b5-2+,9-4+. The zero-order chi connectivity index (χ0) is 8.81.